The molecular formula is C53H32O2. The molecule has 0 fully saturated rings. The first-order valence-corrected chi connectivity index (χ1v) is 18.9. The highest BCUT2D eigenvalue weighted by molar-refractivity contribution is 6.08. The molecule has 0 atom stereocenters. The van der Waals surface area contributed by atoms with Crippen molar-refractivity contribution in [3.63, 3.8) is 0 Å². The van der Waals surface area contributed by atoms with Crippen molar-refractivity contribution in [2.75, 3.05) is 0 Å². The maximum Gasteiger partial charge on any atom is 0.136 e. The zero-order valence-electron chi connectivity index (χ0n) is 29.8. The second kappa shape index (κ2) is 11.4. The molecule has 11 aromatic rings. The Bertz CT molecular complexity index is 3270. The van der Waals surface area contributed by atoms with Crippen LogP contribution in [-0.4, -0.2) is 0 Å². The SMILES string of the molecule is c1ccc(C2(c3ccccc3)c3cc(-c4ccc5c(c4)oc4ccccc45)ccc3-c3ccc4ccc(-c5ccc6c(c5)oc5ccccc56)cc4c32)cc1. The van der Waals surface area contributed by atoms with Gasteiger partial charge in [-0.2, -0.15) is 0 Å². The van der Waals surface area contributed by atoms with Gasteiger partial charge in [0.15, 0.2) is 0 Å². The van der Waals surface area contributed by atoms with Crippen LogP contribution >= 0.6 is 0 Å². The van der Waals surface area contributed by atoms with Gasteiger partial charge in [-0.05, 0) is 115 Å². The van der Waals surface area contributed by atoms with E-state index in [4.69, 9.17) is 8.83 Å². The van der Waals surface area contributed by atoms with E-state index in [1.807, 2.05) is 24.3 Å². The molecule has 1 aliphatic carbocycles. The molecule has 2 aromatic heterocycles. The molecule has 55 heavy (non-hydrogen) atoms. The highest BCUT2D eigenvalue weighted by Crippen LogP contribution is 2.59. The van der Waals surface area contributed by atoms with Gasteiger partial charge in [0.2, 0.25) is 0 Å². The summed E-state index contributed by atoms with van der Waals surface area (Å²) >= 11 is 0. The predicted octanol–water partition coefficient (Wildman–Crippen LogP) is 14.3. The van der Waals surface area contributed by atoms with Gasteiger partial charge in [0, 0.05) is 21.5 Å². The van der Waals surface area contributed by atoms with Gasteiger partial charge in [-0.3, -0.25) is 0 Å². The number of benzene rings is 9. The van der Waals surface area contributed by atoms with Gasteiger partial charge in [-0.25, -0.2) is 0 Å². The van der Waals surface area contributed by atoms with Crippen LogP contribution in [0, 0.1) is 0 Å². The van der Waals surface area contributed by atoms with E-state index in [1.165, 1.54) is 44.2 Å². The Morgan fingerprint density at radius 1 is 0.309 bits per heavy atom. The molecule has 0 spiro atoms. The summed E-state index contributed by atoms with van der Waals surface area (Å²) in [6, 6.07) is 70.6. The summed E-state index contributed by atoms with van der Waals surface area (Å²) in [4.78, 5) is 0. The van der Waals surface area contributed by atoms with Crippen molar-refractivity contribution in [3.05, 3.63) is 216 Å². The number of fused-ring (bicyclic) bond motifs is 11. The lowest BCUT2D eigenvalue weighted by Crippen LogP contribution is -2.28. The largest absolute Gasteiger partial charge is 0.456 e. The van der Waals surface area contributed by atoms with E-state index in [2.05, 4.69) is 170 Å². The third-order valence-corrected chi connectivity index (χ3v) is 11.9. The Labute approximate surface area is 317 Å². The van der Waals surface area contributed by atoms with E-state index in [-0.39, 0.29) is 0 Å². The Kier molecular flexibility index (Phi) is 6.29. The Hall–Kier alpha value is -7.16. The molecule has 2 heterocycles. The van der Waals surface area contributed by atoms with Crippen molar-refractivity contribution < 1.29 is 8.83 Å². The summed E-state index contributed by atoms with van der Waals surface area (Å²) in [7, 11) is 0. The monoisotopic (exact) mass is 700 g/mol. The fourth-order valence-corrected chi connectivity index (χ4v) is 9.48. The van der Waals surface area contributed by atoms with Crippen molar-refractivity contribution in [1.29, 1.82) is 0 Å². The number of rotatable bonds is 4. The fourth-order valence-electron chi connectivity index (χ4n) is 9.48. The maximum atomic E-state index is 6.37. The molecule has 256 valence electrons. The van der Waals surface area contributed by atoms with E-state index in [0.29, 0.717) is 0 Å². The second-order valence-electron chi connectivity index (χ2n) is 14.8. The lowest BCUT2D eigenvalue weighted by atomic mass is 9.66. The molecule has 9 aromatic carbocycles. The first-order valence-electron chi connectivity index (χ1n) is 18.9. The number of furan rings is 2. The Morgan fingerprint density at radius 3 is 1.38 bits per heavy atom. The standard InChI is InChI=1S/C53H32O2/c1-3-11-38(12-4-1)53(39-13-5-2-6-14-39)47-30-35(37-24-27-44-42-16-8-10-18-49(42)55-51(44)32-37)22-25-40(47)45-28-21-33-19-20-34(29-46(33)52(45)53)36-23-26-43-41-15-7-9-17-48(41)54-50(43)31-36/h1-32H. The summed E-state index contributed by atoms with van der Waals surface area (Å²) < 4.78 is 12.7. The van der Waals surface area contributed by atoms with Crippen LogP contribution < -0.4 is 0 Å². The zero-order valence-corrected chi connectivity index (χ0v) is 29.8. The minimum absolute atomic E-state index is 0.576. The van der Waals surface area contributed by atoms with Gasteiger partial charge in [-0.1, -0.05) is 146 Å². The topological polar surface area (TPSA) is 26.3 Å². The van der Waals surface area contributed by atoms with Crippen LogP contribution in [-0.2, 0) is 5.41 Å². The van der Waals surface area contributed by atoms with Crippen LogP contribution in [0.3, 0.4) is 0 Å². The highest BCUT2D eigenvalue weighted by atomic mass is 16.3. The Morgan fingerprint density at radius 2 is 0.764 bits per heavy atom. The lowest BCUT2D eigenvalue weighted by molar-refractivity contribution is 0.668. The summed E-state index contributed by atoms with van der Waals surface area (Å²) in [5.74, 6) is 0. The van der Waals surface area contributed by atoms with Crippen LogP contribution in [0.2, 0.25) is 0 Å². The van der Waals surface area contributed by atoms with Crippen molar-refractivity contribution in [3.8, 4) is 33.4 Å². The van der Waals surface area contributed by atoms with Crippen LogP contribution in [0.5, 0.6) is 0 Å². The molecule has 0 radical (unpaired) electrons. The van der Waals surface area contributed by atoms with Crippen molar-refractivity contribution in [2.24, 2.45) is 0 Å². The third kappa shape index (κ3) is 4.31. The zero-order chi connectivity index (χ0) is 36.1. The quantitative estimate of drug-likeness (QED) is 0.183. The second-order valence-corrected chi connectivity index (χ2v) is 14.8. The summed E-state index contributed by atoms with van der Waals surface area (Å²) in [6.45, 7) is 0. The van der Waals surface area contributed by atoms with Gasteiger partial charge in [0.05, 0.1) is 5.41 Å². The van der Waals surface area contributed by atoms with E-state index < -0.39 is 5.41 Å². The van der Waals surface area contributed by atoms with E-state index in [0.717, 1.165) is 66.1 Å². The average molecular weight is 701 g/mol. The van der Waals surface area contributed by atoms with E-state index >= 15 is 0 Å². The molecule has 1 aliphatic rings. The summed E-state index contributed by atoms with van der Waals surface area (Å²) in [5, 5.41) is 7.02. The molecule has 0 aliphatic heterocycles. The predicted molar refractivity (Wildman–Crippen MR) is 227 cm³/mol. The van der Waals surface area contributed by atoms with Crippen molar-refractivity contribution in [1.82, 2.24) is 0 Å². The number of hydrogen-bond acceptors (Lipinski definition) is 2. The minimum Gasteiger partial charge on any atom is -0.456 e. The first kappa shape index (κ1) is 30.3. The minimum atomic E-state index is -0.576. The normalized spacial score (nSPS) is 13.2. The molecule has 0 amide bonds. The van der Waals surface area contributed by atoms with Crippen LogP contribution in [0.1, 0.15) is 22.3 Å². The van der Waals surface area contributed by atoms with Gasteiger partial charge in [-0.15, -0.1) is 0 Å². The number of hydrogen-bond donors (Lipinski definition) is 0. The molecular weight excluding hydrogens is 669 g/mol. The van der Waals surface area contributed by atoms with Gasteiger partial charge in [0.25, 0.3) is 0 Å². The first-order chi connectivity index (χ1) is 27.2. The Balaban J connectivity index is 1.12. The smallest absolute Gasteiger partial charge is 0.136 e. The van der Waals surface area contributed by atoms with Crippen LogP contribution in [0.4, 0.5) is 0 Å². The molecule has 2 nitrogen and oxygen atoms in total. The van der Waals surface area contributed by atoms with Gasteiger partial charge >= 0.3 is 0 Å². The summed E-state index contributed by atoms with van der Waals surface area (Å²) in [5.41, 5.74) is 15.2. The molecule has 2 heteroatoms. The van der Waals surface area contributed by atoms with Crippen LogP contribution in [0.25, 0.3) is 88.0 Å². The highest BCUT2D eigenvalue weighted by Gasteiger charge is 2.47. The summed E-state index contributed by atoms with van der Waals surface area (Å²) in [6.07, 6.45) is 0. The van der Waals surface area contributed by atoms with E-state index in [9.17, 15) is 0 Å². The molecule has 0 bridgehead atoms. The van der Waals surface area contributed by atoms with Crippen LogP contribution in [0.15, 0.2) is 203 Å². The molecule has 12 rings (SSSR count). The van der Waals surface area contributed by atoms with E-state index in [1.54, 1.807) is 0 Å². The van der Waals surface area contributed by atoms with Gasteiger partial charge < -0.3 is 8.83 Å². The van der Waals surface area contributed by atoms with Gasteiger partial charge in [0.1, 0.15) is 22.3 Å². The average Bonchev–Trinajstić information content (AvgIpc) is 3.91. The molecule has 0 N–H and O–H groups in total. The molecule has 0 saturated carbocycles. The third-order valence-electron chi connectivity index (χ3n) is 11.9. The lowest BCUT2D eigenvalue weighted by Gasteiger charge is -2.35. The molecule has 0 saturated heterocycles. The van der Waals surface area contributed by atoms with Crippen molar-refractivity contribution >= 4 is 54.6 Å². The fraction of sp³-hybridized carbons (Fsp3) is 0.0189. The van der Waals surface area contributed by atoms with Crippen molar-refractivity contribution in [2.45, 2.75) is 5.41 Å². The maximum absolute atomic E-state index is 6.37. The number of para-hydroxylation sites is 2. The molecule has 0 unspecified atom stereocenters.